The number of amides is 1. The first-order valence-electron chi connectivity index (χ1n) is 10.8. The van der Waals surface area contributed by atoms with Crippen molar-refractivity contribution in [2.45, 2.75) is 30.8 Å². The van der Waals surface area contributed by atoms with Crippen molar-refractivity contribution in [3.05, 3.63) is 77.2 Å². The minimum Gasteiger partial charge on any atom is -0.378 e. The largest absolute Gasteiger partial charge is 0.378 e. The van der Waals surface area contributed by atoms with Gasteiger partial charge in [-0.1, -0.05) is 36.9 Å². The van der Waals surface area contributed by atoms with E-state index in [4.69, 9.17) is 9.72 Å². The second kappa shape index (κ2) is 11.1. The van der Waals surface area contributed by atoms with Gasteiger partial charge in [0.25, 0.3) is 5.91 Å². The van der Waals surface area contributed by atoms with Crippen molar-refractivity contribution in [1.82, 2.24) is 20.3 Å². The van der Waals surface area contributed by atoms with Gasteiger partial charge in [0.2, 0.25) is 0 Å². The van der Waals surface area contributed by atoms with E-state index in [-0.39, 0.29) is 5.91 Å². The molecule has 0 bridgehead atoms. The molecule has 2 aromatic heterocycles. The number of hydrogen-bond acceptors (Lipinski definition) is 7. The maximum Gasteiger partial charge on any atom is 0.251 e. The molecule has 0 spiro atoms. The summed E-state index contributed by atoms with van der Waals surface area (Å²) >= 11 is 1.62. The number of carbonyl (C=O) groups excluding carboxylic acids is 1. The molecule has 1 N–H and O–H groups in total. The molecule has 3 aromatic rings. The standard InChI is InChI=1S/C24H27N5O2S/c1-2-21-14-22(29-10-12-31-13-11-29)28-24(27-21)32-17-18-5-7-20(8-6-18)23(30)26-16-19-4-3-9-25-15-19/h3-9,14-15H,2,10-13,16-17H2,1H3,(H,26,30). The van der Waals surface area contributed by atoms with Gasteiger partial charge >= 0.3 is 0 Å². The summed E-state index contributed by atoms with van der Waals surface area (Å²) in [5.41, 5.74) is 3.78. The molecule has 1 aliphatic rings. The Morgan fingerprint density at radius 3 is 2.66 bits per heavy atom. The molecule has 1 aliphatic heterocycles. The zero-order chi connectivity index (χ0) is 22.2. The van der Waals surface area contributed by atoms with Gasteiger partial charge in [-0.15, -0.1) is 0 Å². The molecule has 0 radical (unpaired) electrons. The van der Waals surface area contributed by atoms with Crippen LogP contribution < -0.4 is 10.2 Å². The highest BCUT2D eigenvalue weighted by Crippen LogP contribution is 2.24. The fraction of sp³-hybridized carbons (Fsp3) is 0.333. The van der Waals surface area contributed by atoms with Crippen LogP contribution in [0.3, 0.4) is 0 Å². The molecule has 32 heavy (non-hydrogen) atoms. The van der Waals surface area contributed by atoms with Crippen LogP contribution in [-0.4, -0.2) is 47.2 Å². The number of benzene rings is 1. The molecule has 0 unspecified atom stereocenters. The fourth-order valence-electron chi connectivity index (χ4n) is 3.35. The van der Waals surface area contributed by atoms with E-state index in [1.807, 2.05) is 36.4 Å². The second-order valence-electron chi connectivity index (χ2n) is 7.48. The van der Waals surface area contributed by atoms with Crippen LogP contribution in [0.1, 0.15) is 34.1 Å². The lowest BCUT2D eigenvalue weighted by Gasteiger charge is -2.28. The Labute approximate surface area is 192 Å². The van der Waals surface area contributed by atoms with Crippen LogP contribution in [0.2, 0.25) is 0 Å². The number of carbonyl (C=O) groups is 1. The van der Waals surface area contributed by atoms with Crippen molar-refractivity contribution < 1.29 is 9.53 Å². The maximum atomic E-state index is 12.4. The molecule has 0 aliphatic carbocycles. The third-order valence-corrected chi connectivity index (χ3v) is 6.12. The van der Waals surface area contributed by atoms with Crippen molar-refractivity contribution in [3.8, 4) is 0 Å². The molecule has 0 saturated carbocycles. The molecule has 1 aromatic carbocycles. The summed E-state index contributed by atoms with van der Waals surface area (Å²) in [5.74, 6) is 1.62. The predicted molar refractivity (Wildman–Crippen MR) is 126 cm³/mol. The molecule has 3 heterocycles. The van der Waals surface area contributed by atoms with Crippen molar-refractivity contribution in [2.24, 2.45) is 0 Å². The normalized spacial score (nSPS) is 13.7. The number of nitrogens with zero attached hydrogens (tertiary/aromatic N) is 4. The Hall–Kier alpha value is -2.97. The van der Waals surface area contributed by atoms with E-state index in [1.165, 1.54) is 0 Å². The van der Waals surface area contributed by atoms with Gasteiger partial charge in [0.15, 0.2) is 5.16 Å². The maximum absolute atomic E-state index is 12.4. The topological polar surface area (TPSA) is 80.2 Å². The number of anilines is 1. The summed E-state index contributed by atoms with van der Waals surface area (Å²) < 4.78 is 5.46. The summed E-state index contributed by atoms with van der Waals surface area (Å²) in [6.45, 7) is 5.74. The molecule has 1 fully saturated rings. The average molecular weight is 450 g/mol. The van der Waals surface area contributed by atoms with E-state index in [1.54, 1.807) is 24.2 Å². The van der Waals surface area contributed by atoms with E-state index in [2.05, 4.69) is 33.2 Å². The molecule has 1 amide bonds. The van der Waals surface area contributed by atoms with E-state index < -0.39 is 0 Å². The second-order valence-corrected chi connectivity index (χ2v) is 8.43. The quantitative estimate of drug-likeness (QED) is 0.416. The van der Waals surface area contributed by atoms with Crippen molar-refractivity contribution in [2.75, 3.05) is 31.2 Å². The smallest absolute Gasteiger partial charge is 0.251 e. The molecule has 1 saturated heterocycles. The molecular weight excluding hydrogens is 422 g/mol. The fourth-order valence-corrected chi connectivity index (χ4v) is 4.17. The summed E-state index contributed by atoms with van der Waals surface area (Å²) in [7, 11) is 0. The summed E-state index contributed by atoms with van der Waals surface area (Å²) in [5, 5.41) is 3.71. The van der Waals surface area contributed by atoms with Crippen LogP contribution >= 0.6 is 11.8 Å². The van der Waals surface area contributed by atoms with Crippen LogP contribution in [0.25, 0.3) is 0 Å². The van der Waals surface area contributed by atoms with E-state index in [0.29, 0.717) is 12.1 Å². The lowest BCUT2D eigenvalue weighted by Crippen LogP contribution is -2.37. The van der Waals surface area contributed by atoms with Gasteiger partial charge in [-0.25, -0.2) is 9.97 Å². The van der Waals surface area contributed by atoms with Gasteiger partial charge in [0, 0.05) is 55.1 Å². The van der Waals surface area contributed by atoms with Gasteiger partial charge < -0.3 is 15.0 Å². The number of thioether (sulfide) groups is 1. The van der Waals surface area contributed by atoms with Crippen LogP contribution in [0.15, 0.2) is 60.0 Å². The monoisotopic (exact) mass is 449 g/mol. The summed E-state index contributed by atoms with van der Waals surface area (Å²) in [6.07, 6.45) is 4.34. The van der Waals surface area contributed by atoms with Crippen LogP contribution in [0.4, 0.5) is 5.82 Å². The predicted octanol–water partition coefficient (Wildman–Crippen LogP) is 3.49. The highest BCUT2D eigenvalue weighted by atomic mass is 32.2. The number of hydrogen-bond donors (Lipinski definition) is 1. The Morgan fingerprint density at radius 1 is 1.12 bits per heavy atom. The summed E-state index contributed by atoms with van der Waals surface area (Å²) in [6, 6.07) is 13.6. The number of aryl methyl sites for hydroxylation is 1. The Kier molecular flexibility index (Phi) is 7.68. The lowest BCUT2D eigenvalue weighted by atomic mass is 10.1. The van der Waals surface area contributed by atoms with E-state index in [0.717, 1.165) is 66.3 Å². The minimum atomic E-state index is -0.0952. The zero-order valence-electron chi connectivity index (χ0n) is 18.2. The number of pyridine rings is 1. The van der Waals surface area contributed by atoms with Gasteiger partial charge in [-0.3, -0.25) is 9.78 Å². The first-order chi connectivity index (χ1) is 15.7. The molecular formula is C24H27N5O2S. The van der Waals surface area contributed by atoms with Gasteiger partial charge in [-0.2, -0.15) is 0 Å². The number of morpholine rings is 1. The zero-order valence-corrected chi connectivity index (χ0v) is 19.0. The molecule has 7 nitrogen and oxygen atoms in total. The van der Waals surface area contributed by atoms with Crippen LogP contribution in [0, 0.1) is 0 Å². The SMILES string of the molecule is CCc1cc(N2CCOCC2)nc(SCc2ccc(C(=O)NCc3cccnc3)cc2)n1. The van der Waals surface area contributed by atoms with Gasteiger partial charge in [0.1, 0.15) is 5.82 Å². The van der Waals surface area contributed by atoms with Crippen molar-refractivity contribution in [3.63, 3.8) is 0 Å². The first-order valence-corrected chi connectivity index (χ1v) is 11.8. The Balaban J connectivity index is 1.35. The number of ether oxygens (including phenoxy) is 1. The van der Waals surface area contributed by atoms with Crippen LogP contribution in [0.5, 0.6) is 0 Å². The first kappa shape index (κ1) is 22.2. The molecule has 8 heteroatoms. The number of rotatable bonds is 8. The Morgan fingerprint density at radius 2 is 1.94 bits per heavy atom. The van der Waals surface area contributed by atoms with Gasteiger partial charge in [-0.05, 0) is 35.7 Å². The van der Waals surface area contributed by atoms with E-state index in [9.17, 15) is 4.79 Å². The molecule has 4 rings (SSSR count). The average Bonchev–Trinajstić information content (AvgIpc) is 2.87. The minimum absolute atomic E-state index is 0.0952. The van der Waals surface area contributed by atoms with Crippen LogP contribution in [-0.2, 0) is 23.5 Å². The van der Waals surface area contributed by atoms with Crippen molar-refractivity contribution >= 4 is 23.5 Å². The highest BCUT2D eigenvalue weighted by Gasteiger charge is 2.15. The lowest BCUT2D eigenvalue weighted by molar-refractivity contribution is 0.0951. The highest BCUT2D eigenvalue weighted by molar-refractivity contribution is 7.98. The number of nitrogens with one attached hydrogen (secondary N) is 1. The number of aromatic nitrogens is 3. The third-order valence-electron chi connectivity index (χ3n) is 5.20. The molecule has 166 valence electrons. The van der Waals surface area contributed by atoms with E-state index >= 15 is 0 Å². The summed E-state index contributed by atoms with van der Waals surface area (Å²) in [4.78, 5) is 28.2. The van der Waals surface area contributed by atoms with Gasteiger partial charge in [0.05, 0.1) is 13.2 Å². The Bertz CT molecular complexity index is 1020. The molecule has 0 atom stereocenters. The third kappa shape index (κ3) is 6.05. The van der Waals surface area contributed by atoms with Crippen molar-refractivity contribution in [1.29, 1.82) is 0 Å².